The maximum absolute atomic E-state index is 10.1. The molecule has 0 saturated heterocycles. The first kappa shape index (κ1) is 13.3. The van der Waals surface area contributed by atoms with E-state index in [0.29, 0.717) is 0 Å². The van der Waals surface area contributed by atoms with Crippen LogP contribution < -0.4 is 0 Å². The molecule has 1 unspecified atom stereocenters. The van der Waals surface area contributed by atoms with Crippen LogP contribution in [-0.4, -0.2) is 5.11 Å². The van der Waals surface area contributed by atoms with Gasteiger partial charge in [-0.2, -0.15) is 0 Å². The smallest absolute Gasteiger partial charge is 0.0793 e. The monoisotopic (exact) mass is 304 g/mol. The van der Waals surface area contributed by atoms with E-state index in [4.69, 9.17) is 0 Å². The molecule has 0 amide bonds. The normalized spacial score (nSPS) is 12.4. The second-order valence-electron chi connectivity index (χ2n) is 4.59. The van der Waals surface area contributed by atoms with Gasteiger partial charge in [-0.15, -0.1) is 0 Å². The summed E-state index contributed by atoms with van der Waals surface area (Å²) in [7, 11) is 0. The zero-order chi connectivity index (χ0) is 13.0. The first-order chi connectivity index (χ1) is 8.65. The van der Waals surface area contributed by atoms with Crippen LogP contribution >= 0.6 is 15.9 Å². The molecular formula is C16H17BrO. The van der Waals surface area contributed by atoms with Gasteiger partial charge in [-0.3, -0.25) is 0 Å². The van der Waals surface area contributed by atoms with Gasteiger partial charge in [0, 0.05) is 4.47 Å². The summed E-state index contributed by atoms with van der Waals surface area (Å²) < 4.78 is 1.09. The van der Waals surface area contributed by atoms with Crippen LogP contribution in [0.1, 0.15) is 29.2 Å². The largest absolute Gasteiger partial charge is 0.388 e. The molecule has 0 aliphatic rings. The number of aryl methyl sites for hydroxylation is 2. The Balaban J connectivity index is 1.93. The second kappa shape index (κ2) is 6.17. The Kier molecular flexibility index (Phi) is 4.56. The van der Waals surface area contributed by atoms with E-state index in [9.17, 15) is 5.11 Å². The number of hydrogen-bond acceptors (Lipinski definition) is 1. The van der Waals surface area contributed by atoms with Crippen molar-refractivity contribution in [3.8, 4) is 0 Å². The number of hydrogen-bond donors (Lipinski definition) is 1. The lowest BCUT2D eigenvalue weighted by Crippen LogP contribution is -1.99. The SMILES string of the molecule is Cc1ccc(C(O)CCc2ccc(Br)cc2)cc1. The molecule has 1 nitrogen and oxygen atoms in total. The maximum atomic E-state index is 10.1. The van der Waals surface area contributed by atoms with Crippen molar-refractivity contribution in [2.45, 2.75) is 25.9 Å². The molecule has 1 atom stereocenters. The van der Waals surface area contributed by atoms with Crippen molar-refractivity contribution < 1.29 is 5.11 Å². The highest BCUT2D eigenvalue weighted by Gasteiger charge is 2.07. The van der Waals surface area contributed by atoms with Gasteiger partial charge in [0.15, 0.2) is 0 Å². The Hall–Kier alpha value is -1.12. The summed E-state index contributed by atoms with van der Waals surface area (Å²) in [5.74, 6) is 0. The third-order valence-electron chi connectivity index (χ3n) is 3.08. The molecule has 0 aromatic heterocycles. The molecule has 0 spiro atoms. The third kappa shape index (κ3) is 3.69. The van der Waals surface area contributed by atoms with Gasteiger partial charge < -0.3 is 5.11 Å². The molecule has 1 N–H and O–H groups in total. The van der Waals surface area contributed by atoms with Crippen LogP contribution in [0.5, 0.6) is 0 Å². The molecule has 2 heteroatoms. The van der Waals surface area contributed by atoms with Crippen molar-refractivity contribution in [1.29, 1.82) is 0 Å². The fraction of sp³-hybridized carbons (Fsp3) is 0.250. The van der Waals surface area contributed by atoms with Gasteiger partial charge in [-0.1, -0.05) is 57.9 Å². The van der Waals surface area contributed by atoms with Crippen molar-refractivity contribution in [2.24, 2.45) is 0 Å². The molecule has 0 fully saturated rings. The predicted molar refractivity (Wildman–Crippen MR) is 78.6 cm³/mol. The topological polar surface area (TPSA) is 20.2 Å². The van der Waals surface area contributed by atoms with Gasteiger partial charge in [0.1, 0.15) is 0 Å². The quantitative estimate of drug-likeness (QED) is 0.886. The van der Waals surface area contributed by atoms with E-state index in [1.807, 2.05) is 36.4 Å². The van der Waals surface area contributed by atoms with Crippen LogP contribution in [-0.2, 0) is 6.42 Å². The summed E-state index contributed by atoms with van der Waals surface area (Å²) in [6.07, 6.45) is 1.27. The molecular weight excluding hydrogens is 288 g/mol. The number of halogens is 1. The Morgan fingerprint density at radius 2 is 1.61 bits per heavy atom. The van der Waals surface area contributed by atoms with E-state index in [1.54, 1.807) is 0 Å². The predicted octanol–water partition coefficient (Wildman–Crippen LogP) is 4.42. The highest BCUT2D eigenvalue weighted by atomic mass is 79.9. The Bertz CT molecular complexity index is 488. The fourth-order valence-electron chi connectivity index (χ4n) is 1.91. The lowest BCUT2D eigenvalue weighted by atomic mass is 10.0. The molecule has 0 bridgehead atoms. The van der Waals surface area contributed by atoms with Crippen LogP contribution in [0.25, 0.3) is 0 Å². The van der Waals surface area contributed by atoms with Crippen molar-refractivity contribution in [1.82, 2.24) is 0 Å². The molecule has 0 aliphatic heterocycles. The minimum Gasteiger partial charge on any atom is -0.388 e. The zero-order valence-corrected chi connectivity index (χ0v) is 12.0. The lowest BCUT2D eigenvalue weighted by molar-refractivity contribution is 0.168. The average Bonchev–Trinajstić information content (AvgIpc) is 2.38. The average molecular weight is 305 g/mol. The summed E-state index contributed by atoms with van der Waals surface area (Å²) in [6.45, 7) is 2.05. The Morgan fingerprint density at radius 3 is 2.22 bits per heavy atom. The van der Waals surface area contributed by atoms with Gasteiger partial charge in [-0.25, -0.2) is 0 Å². The molecule has 2 aromatic carbocycles. The first-order valence-electron chi connectivity index (χ1n) is 6.14. The van der Waals surface area contributed by atoms with E-state index in [0.717, 1.165) is 22.9 Å². The van der Waals surface area contributed by atoms with E-state index in [2.05, 4.69) is 35.0 Å². The van der Waals surface area contributed by atoms with Gasteiger partial charge in [0.2, 0.25) is 0 Å². The summed E-state index contributed by atoms with van der Waals surface area (Å²) >= 11 is 3.42. The Labute approximate surface area is 117 Å². The number of aliphatic hydroxyl groups is 1. The summed E-state index contributed by atoms with van der Waals surface area (Å²) in [5.41, 5.74) is 3.47. The van der Waals surface area contributed by atoms with Crippen LogP contribution in [0.3, 0.4) is 0 Å². The van der Waals surface area contributed by atoms with Crippen LogP contribution in [0.2, 0.25) is 0 Å². The molecule has 2 rings (SSSR count). The Morgan fingerprint density at radius 1 is 1.00 bits per heavy atom. The summed E-state index contributed by atoms with van der Waals surface area (Å²) in [4.78, 5) is 0. The molecule has 0 aliphatic carbocycles. The van der Waals surface area contributed by atoms with Gasteiger partial charge in [0.25, 0.3) is 0 Å². The van der Waals surface area contributed by atoms with E-state index in [-0.39, 0.29) is 6.10 Å². The fourth-order valence-corrected chi connectivity index (χ4v) is 2.17. The van der Waals surface area contributed by atoms with Crippen molar-refractivity contribution in [3.05, 3.63) is 69.7 Å². The lowest BCUT2D eigenvalue weighted by Gasteiger charge is -2.11. The summed E-state index contributed by atoms with van der Waals surface area (Å²) in [5, 5.41) is 10.1. The standard InChI is InChI=1S/C16H17BrO/c1-12-2-7-14(8-3-12)16(18)11-6-13-4-9-15(17)10-5-13/h2-5,7-10,16,18H,6,11H2,1H3. The van der Waals surface area contributed by atoms with Crippen molar-refractivity contribution in [2.75, 3.05) is 0 Å². The number of rotatable bonds is 4. The van der Waals surface area contributed by atoms with Crippen molar-refractivity contribution in [3.63, 3.8) is 0 Å². The van der Waals surface area contributed by atoms with Crippen LogP contribution in [0, 0.1) is 6.92 Å². The highest BCUT2D eigenvalue weighted by Crippen LogP contribution is 2.20. The zero-order valence-electron chi connectivity index (χ0n) is 10.4. The molecule has 2 aromatic rings. The van der Waals surface area contributed by atoms with Crippen molar-refractivity contribution >= 4 is 15.9 Å². The number of aliphatic hydroxyl groups excluding tert-OH is 1. The van der Waals surface area contributed by atoms with Crippen LogP contribution in [0.15, 0.2) is 53.0 Å². The van der Waals surface area contributed by atoms with E-state index >= 15 is 0 Å². The second-order valence-corrected chi connectivity index (χ2v) is 5.51. The third-order valence-corrected chi connectivity index (χ3v) is 3.61. The van der Waals surface area contributed by atoms with Gasteiger partial charge in [0.05, 0.1) is 6.10 Å². The number of benzene rings is 2. The highest BCUT2D eigenvalue weighted by molar-refractivity contribution is 9.10. The first-order valence-corrected chi connectivity index (χ1v) is 6.93. The van der Waals surface area contributed by atoms with Gasteiger partial charge in [-0.05, 0) is 43.0 Å². The molecule has 18 heavy (non-hydrogen) atoms. The molecule has 0 heterocycles. The minimum absolute atomic E-state index is 0.380. The minimum atomic E-state index is -0.380. The van der Waals surface area contributed by atoms with Gasteiger partial charge >= 0.3 is 0 Å². The van der Waals surface area contributed by atoms with E-state index < -0.39 is 0 Å². The maximum Gasteiger partial charge on any atom is 0.0793 e. The molecule has 0 saturated carbocycles. The summed E-state index contributed by atoms with van der Waals surface area (Å²) in [6, 6.07) is 16.3. The van der Waals surface area contributed by atoms with Crippen LogP contribution in [0.4, 0.5) is 0 Å². The molecule has 0 radical (unpaired) electrons. The molecule has 94 valence electrons. The van der Waals surface area contributed by atoms with E-state index in [1.165, 1.54) is 11.1 Å².